The molecule has 3 saturated carbocycles. The topological polar surface area (TPSA) is 335 Å². The van der Waals surface area contributed by atoms with Gasteiger partial charge in [-0.05, 0) is 99.7 Å². The highest BCUT2D eigenvalue weighted by Gasteiger charge is 2.69. The van der Waals surface area contributed by atoms with Gasteiger partial charge < -0.3 is 109 Å². The number of ether oxygens (including phenoxy) is 10. The lowest BCUT2D eigenvalue weighted by atomic mass is 9.47. The second-order valence-electron chi connectivity index (χ2n) is 23.8. The highest BCUT2D eigenvalue weighted by molar-refractivity contribution is 5.26. The molecule has 418 valence electrons. The SMILES string of the molecule is CC1C2C(CC3C4CC=C5CC(O[C@@H]6O[C@H](CO)[C@@H](O[C@@H]7O[C@@H](C)[C@H](O)[C@@H](O)[C@H]7O)[C@H](O)[C@H]6O[C@@H]6O[C@@H](C)[C@H](O)[C@@H](O)[C@H]6O)CCC5(C)C4CCC32C)OC12CCC(CO[C@@H]1O[C@H](CO)[C@@H](O)[C@H](O)[C@H]1O)CO2. The summed E-state index contributed by atoms with van der Waals surface area (Å²) in [6, 6.07) is 0. The lowest BCUT2D eigenvalue weighted by Gasteiger charge is -2.59. The van der Waals surface area contributed by atoms with E-state index >= 15 is 0 Å². The van der Waals surface area contributed by atoms with Crippen molar-refractivity contribution in [3.05, 3.63) is 11.6 Å². The summed E-state index contributed by atoms with van der Waals surface area (Å²) in [5, 5.41) is 127. The minimum Gasteiger partial charge on any atom is -0.394 e. The van der Waals surface area contributed by atoms with Gasteiger partial charge in [-0.2, -0.15) is 0 Å². The molecular formula is C51H82O22. The molecule has 0 amide bonds. The van der Waals surface area contributed by atoms with Crippen LogP contribution in [-0.4, -0.2) is 229 Å². The molecule has 0 aromatic carbocycles. The maximum atomic E-state index is 12.1. The molecule has 4 aliphatic carbocycles. The van der Waals surface area contributed by atoms with Gasteiger partial charge in [0.1, 0.15) is 85.5 Å². The van der Waals surface area contributed by atoms with Crippen LogP contribution < -0.4 is 0 Å². The smallest absolute Gasteiger partial charge is 0.187 e. The molecule has 9 fully saturated rings. The van der Waals surface area contributed by atoms with Gasteiger partial charge in [0.15, 0.2) is 30.9 Å². The first kappa shape index (κ1) is 55.2. The zero-order valence-corrected chi connectivity index (χ0v) is 42.4. The molecule has 22 heteroatoms. The summed E-state index contributed by atoms with van der Waals surface area (Å²) < 4.78 is 61.8. The van der Waals surface area contributed by atoms with Crippen molar-refractivity contribution in [3.63, 3.8) is 0 Å². The Labute approximate surface area is 425 Å². The molecule has 11 unspecified atom stereocenters. The fourth-order valence-corrected chi connectivity index (χ4v) is 15.5. The van der Waals surface area contributed by atoms with Gasteiger partial charge in [-0.1, -0.05) is 32.4 Å². The summed E-state index contributed by atoms with van der Waals surface area (Å²) in [6.45, 7) is 9.49. The third-order valence-electron chi connectivity index (χ3n) is 19.9. The van der Waals surface area contributed by atoms with Crippen LogP contribution in [-0.2, 0) is 47.4 Å². The molecule has 6 aliphatic heterocycles. The molecule has 0 aromatic heterocycles. The number of hydrogen-bond acceptors (Lipinski definition) is 22. The third kappa shape index (κ3) is 9.52. The average Bonchev–Trinajstić information content (AvgIpc) is 3.82. The molecule has 73 heavy (non-hydrogen) atoms. The summed E-state index contributed by atoms with van der Waals surface area (Å²) in [6.07, 6.45) is -19.1. The predicted octanol–water partition coefficient (Wildman–Crippen LogP) is -1.96. The van der Waals surface area contributed by atoms with Crippen molar-refractivity contribution in [3.8, 4) is 0 Å². The third-order valence-corrected chi connectivity index (χ3v) is 19.9. The molecular weight excluding hydrogens is 965 g/mol. The van der Waals surface area contributed by atoms with E-state index in [9.17, 15) is 61.3 Å². The first-order valence-corrected chi connectivity index (χ1v) is 26.9. The average molecular weight is 1050 g/mol. The highest BCUT2D eigenvalue weighted by atomic mass is 16.8. The largest absolute Gasteiger partial charge is 0.394 e. The second kappa shape index (κ2) is 21.2. The lowest BCUT2D eigenvalue weighted by Crippen LogP contribution is -2.66. The zero-order valence-electron chi connectivity index (χ0n) is 42.4. The predicted molar refractivity (Wildman–Crippen MR) is 247 cm³/mol. The van der Waals surface area contributed by atoms with E-state index in [0.29, 0.717) is 49.5 Å². The van der Waals surface area contributed by atoms with Gasteiger partial charge in [0.2, 0.25) is 0 Å². The Morgan fingerprint density at radius 1 is 0.603 bits per heavy atom. The lowest BCUT2D eigenvalue weighted by molar-refractivity contribution is -0.388. The molecule has 31 atom stereocenters. The van der Waals surface area contributed by atoms with Gasteiger partial charge in [0, 0.05) is 18.3 Å². The van der Waals surface area contributed by atoms with Gasteiger partial charge in [-0.3, -0.25) is 0 Å². The highest BCUT2D eigenvalue weighted by Crippen LogP contribution is 2.71. The standard InChI is InChI=1S/C51H82O22/c1-20-32-29(73-51(20)13-8-23(19-65-51)18-64-45-39(60)38(59)35(56)30(16-52)69-45)15-28-26-7-6-24-14-25(9-11-49(24,4)27(26)10-12-50(28,32)5)68-48-44(72-47-41(62)37(58)34(55)22(3)67-47)42(63)43(31(17-53)70-48)71-46-40(61)36(57)33(54)21(2)66-46/h6,20-23,25-48,52-63H,7-19H2,1-5H3/t20?,21-,22-,23?,25?,26?,27?,28?,29?,30+,31+,32?,33-,34-,35+,36+,37+,38-,39+,40+,41+,42-,43+,44+,45+,46-,47-,48+,49?,50?,51?/m0/s1. The first-order chi connectivity index (χ1) is 34.6. The van der Waals surface area contributed by atoms with Crippen molar-refractivity contribution < 1.29 is 109 Å². The van der Waals surface area contributed by atoms with E-state index in [-0.39, 0.29) is 35.4 Å². The zero-order chi connectivity index (χ0) is 52.2. The fourth-order valence-electron chi connectivity index (χ4n) is 15.5. The van der Waals surface area contributed by atoms with Crippen molar-refractivity contribution in [1.29, 1.82) is 0 Å². The van der Waals surface area contributed by atoms with Crippen LogP contribution in [0.2, 0.25) is 0 Å². The van der Waals surface area contributed by atoms with E-state index in [4.69, 9.17) is 47.4 Å². The van der Waals surface area contributed by atoms with E-state index in [1.54, 1.807) is 0 Å². The number of aliphatic hydroxyl groups is 12. The van der Waals surface area contributed by atoms with Crippen LogP contribution in [0.25, 0.3) is 0 Å². The maximum Gasteiger partial charge on any atom is 0.187 e. The maximum absolute atomic E-state index is 12.1. The van der Waals surface area contributed by atoms with E-state index < -0.39 is 148 Å². The molecule has 6 heterocycles. The molecule has 0 radical (unpaired) electrons. The van der Waals surface area contributed by atoms with E-state index in [0.717, 1.165) is 38.5 Å². The Bertz CT molecular complexity index is 1920. The summed E-state index contributed by atoms with van der Waals surface area (Å²) in [5.74, 6) is 1.09. The Morgan fingerprint density at radius 2 is 1.22 bits per heavy atom. The number of aliphatic hydroxyl groups excluding tert-OH is 12. The Morgan fingerprint density at radius 3 is 1.85 bits per heavy atom. The van der Waals surface area contributed by atoms with Crippen LogP contribution in [0.3, 0.4) is 0 Å². The fraction of sp³-hybridized carbons (Fsp3) is 0.961. The monoisotopic (exact) mass is 1050 g/mol. The van der Waals surface area contributed by atoms with Crippen LogP contribution in [0.15, 0.2) is 11.6 Å². The quantitative estimate of drug-likeness (QED) is 0.1000. The van der Waals surface area contributed by atoms with E-state index in [1.807, 2.05) is 0 Å². The molecule has 0 bridgehead atoms. The summed E-state index contributed by atoms with van der Waals surface area (Å²) in [5.41, 5.74) is 1.23. The number of fused-ring (bicyclic) bond motifs is 7. The Kier molecular flexibility index (Phi) is 16.0. The van der Waals surface area contributed by atoms with Crippen LogP contribution in [0.5, 0.6) is 0 Å². The molecule has 12 N–H and O–H groups in total. The van der Waals surface area contributed by atoms with Crippen LogP contribution in [0.4, 0.5) is 0 Å². The van der Waals surface area contributed by atoms with Gasteiger partial charge in [0.25, 0.3) is 0 Å². The normalized spacial score (nSPS) is 57.1. The summed E-state index contributed by atoms with van der Waals surface area (Å²) >= 11 is 0. The van der Waals surface area contributed by atoms with Crippen molar-refractivity contribution in [2.75, 3.05) is 26.4 Å². The van der Waals surface area contributed by atoms with Crippen molar-refractivity contribution in [2.24, 2.45) is 46.3 Å². The first-order valence-electron chi connectivity index (χ1n) is 26.9. The molecule has 22 nitrogen and oxygen atoms in total. The van der Waals surface area contributed by atoms with Crippen LogP contribution in [0.1, 0.15) is 92.4 Å². The van der Waals surface area contributed by atoms with Gasteiger partial charge in [-0.15, -0.1) is 0 Å². The second-order valence-corrected chi connectivity index (χ2v) is 23.8. The Hall–Kier alpha value is -1.14. The molecule has 10 rings (SSSR count). The Balaban J connectivity index is 0.791. The van der Waals surface area contributed by atoms with Gasteiger partial charge in [-0.25, -0.2) is 0 Å². The van der Waals surface area contributed by atoms with Gasteiger partial charge in [0.05, 0.1) is 50.8 Å². The molecule has 6 saturated heterocycles. The van der Waals surface area contributed by atoms with Crippen molar-refractivity contribution >= 4 is 0 Å². The minimum absolute atomic E-state index is 0.00590. The number of hydrogen-bond donors (Lipinski definition) is 12. The number of rotatable bonds is 11. The minimum atomic E-state index is -1.74. The van der Waals surface area contributed by atoms with Gasteiger partial charge >= 0.3 is 0 Å². The molecule has 1 spiro atoms. The summed E-state index contributed by atoms with van der Waals surface area (Å²) in [4.78, 5) is 0. The summed E-state index contributed by atoms with van der Waals surface area (Å²) in [7, 11) is 0. The number of allylic oxidation sites excluding steroid dienone is 1. The van der Waals surface area contributed by atoms with E-state index in [1.165, 1.54) is 19.4 Å². The molecule has 10 aliphatic rings. The molecule has 0 aromatic rings. The van der Waals surface area contributed by atoms with Crippen LogP contribution in [0, 0.1) is 46.3 Å². The van der Waals surface area contributed by atoms with E-state index in [2.05, 4.69) is 26.8 Å². The van der Waals surface area contributed by atoms with Crippen molar-refractivity contribution in [2.45, 2.75) is 233 Å². The van der Waals surface area contributed by atoms with Crippen molar-refractivity contribution in [1.82, 2.24) is 0 Å². The van der Waals surface area contributed by atoms with Crippen LogP contribution >= 0.6 is 0 Å².